The monoisotopic (exact) mass is 348 g/mol. The van der Waals surface area contributed by atoms with Crippen molar-refractivity contribution in [2.24, 2.45) is 10.9 Å². The maximum Gasteiger partial charge on any atom is 0.251 e. The van der Waals surface area contributed by atoms with Crippen LogP contribution in [0.2, 0.25) is 0 Å². The molecular formula is C16H16N2O3S2. The summed E-state index contributed by atoms with van der Waals surface area (Å²) in [5, 5.41) is 0. The van der Waals surface area contributed by atoms with Crippen molar-refractivity contribution < 1.29 is 13.2 Å². The van der Waals surface area contributed by atoms with Crippen molar-refractivity contribution in [2.45, 2.75) is 30.7 Å². The summed E-state index contributed by atoms with van der Waals surface area (Å²) in [6.45, 7) is 0.287. The molecule has 0 radical (unpaired) electrons. The Hall–Kier alpha value is -1.91. The predicted molar refractivity (Wildman–Crippen MR) is 89.7 cm³/mol. The molecular weight excluding hydrogens is 332 g/mol. The molecule has 1 aromatic carbocycles. The number of nitrogens with zero attached hydrogens (tertiary/aromatic N) is 2. The van der Waals surface area contributed by atoms with Gasteiger partial charge in [0.25, 0.3) is 5.91 Å². The minimum Gasteiger partial charge on any atom is -0.305 e. The molecule has 1 saturated carbocycles. The Kier molecular flexibility index (Phi) is 4.13. The SMILES string of the molecule is C#CCn1c(=NC(=O)C2CCC2)sc2cc(S(C)(=O)=O)ccc21. The summed E-state index contributed by atoms with van der Waals surface area (Å²) in [6, 6.07) is 4.87. The van der Waals surface area contributed by atoms with Gasteiger partial charge >= 0.3 is 0 Å². The molecule has 5 nitrogen and oxygen atoms in total. The Labute approximate surface area is 138 Å². The van der Waals surface area contributed by atoms with E-state index in [-0.39, 0.29) is 23.3 Å². The Bertz CT molecular complexity index is 986. The van der Waals surface area contributed by atoms with Gasteiger partial charge in [-0.25, -0.2) is 8.42 Å². The van der Waals surface area contributed by atoms with Gasteiger partial charge in [0, 0.05) is 12.2 Å². The number of carbonyl (C=O) groups is 1. The molecule has 1 heterocycles. The molecule has 0 aliphatic heterocycles. The van der Waals surface area contributed by atoms with Gasteiger partial charge in [0.05, 0.1) is 21.7 Å². The first-order valence-electron chi connectivity index (χ1n) is 7.25. The summed E-state index contributed by atoms with van der Waals surface area (Å²) in [6.07, 6.45) is 9.44. The van der Waals surface area contributed by atoms with Gasteiger partial charge in [0.15, 0.2) is 14.6 Å². The van der Waals surface area contributed by atoms with Gasteiger partial charge in [0.1, 0.15) is 0 Å². The van der Waals surface area contributed by atoms with Gasteiger partial charge in [-0.05, 0) is 31.0 Å². The average Bonchev–Trinajstić information content (AvgIpc) is 2.73. The van der Waals surface area contributed by atoms with Crippen LogP contribution in [-0.2, 0) is 21.2 Å². The van der Waals surface area contributed by atoms with Gasteiger partial charge in [-0.3, -0.25) is 4.79 Å². The number of benzene rings is 1. The Balaban J connectivity index is 2.17. The molecule has 0 bridgehead atoms. The highest BCUT2D eigenvalue weighted by molar-refractivity contribution is 7.90. The summed E-state index contributed by atoms with van der Waals surface area (Å²) in [5.74, 6) is 2.46. The highest BCUT2D eigenvalue weighted by atomic mass is 32.2. The van der Waals surface area contributed by atoms with Crippen LogP contribution in [0.3, 0.4) is 0 Å². The van der Waals surface area contributed by atoms with E-state index in [1.807, 2.05) is 0 Å². The summed E-state index contributed by atoms with van der Waals surface area (Å²) in [7, 11) is -3.28. The van der Waals surface area contributed by atoms with E-state index in [9.17, 15) is 13.2 Å². The van der Waals surface area contributed by atoms with Crippen molar-refractivity contribution in [1.82, 2.24) is 4.57 Å². The molecule has 1 aliphatic carbocycles. The molecule has 0 saturated heterocycles. The third kappa shape index (κ3) is 3.09. The lowest BCUT2D eigenvalue weighted by Crippen LogP contribution is -2.24. The van der Waals surface area contributed by atoms with Crippen LogP contribution in [0.15, 0.2) is 28.1 Å². The first-order chi connectivity index (χ1) is 10.9. The van der Waals surface area contributed by atoms with E-state index in [0.29, 0.717) is 4.80 Å². The number of terminal acetylenes is 1. The van der Waals surface area contributed by atoms with Gasteiger partial charge in [-0.1, -0.05) is 23.7 Å². The minimum absolute atomic E-state index is 0.0195. The number of thiazole rings is 1. The van der Waals surface area contributed by atoms with Crippen LogP contribution in [0.5, 0.6) is 0 Å². The van der Waals surface area contributed by atoms with Crippen molar-refractivity contribution in [3.05, 3.63) is 23.0 Å². The highest BCUT2D eigenvalue weighted by Gasteiger charge is 2.25. The highest BCUT2D eigenvalue weighted by Crippen LogP contribution is 2.27. The van der Waals surface area contributed by atoms with E-state index in [0.717, 1.165) is 29.5 Å². The molecule has 3 rings (SSSR count). The first-order valence-corrected chi connectivity index (χ1v) is 9.96. The van der Waals surface area contributed by atoms with Crippen molar-refractivity contribution in [1.29, 1.82) is 0 Å². The molecule has 1 aliphatic rings. The van der Waals surface area contributed by atoms with E-state index in [2.05, 4.69) is 10.9 Å². The molecule has 7 heteroatoms. The van der Waals surface area contributed by atoms with Gasteiger partial charge in [0.2, 0.25) is 0 Å². The zero-order chi connectivity index (χ0) is 16.6. The Morgan fingerprint density at radius 2 is 2.22 bits per heavy atom. The molecule has 0 N–H and O–H groups in total. The fraction of sp³-hybridized carbons (Fsp3) is 0.375. The summed E-state index contributed by atoms with van der Waals surface area (Å²) in [5.41, 5.74) is 0.792. The van der Waals surface area contributed by atoms with Crippen molar-refractivity contribution >= 4 is 37.3 Å². The largest absolute Gasteiger partial charge is 0.305 e. The number of carbonyl (C=O) groups excluding carboxylic acids is 1. The van der Waals surface area contributed by atoms with Crippen LogP contribution in [0.1, 0.15) is 19.3 Å². The number of hydrogen-bond acceptors (Lipinski definition) is 4. The molecule has 2 aromatic rings. The second-order valence-corrected chi connectivity index (χ2v) is 8.68. The van der Waals surface area contributed by atoms with E-state index in [1.165, 1.54) is 17.6 Å². The fourth-order valence-electron chi connectivity index (χ4n) is 2.45. The quantitative estimate of drug-likeness (QED) is 0.797. The Morgan fingerprint density at radius 3 is 2.78 bits per heavy atom. The summed E-state index contributed by atoms with van der Waals surface area (Å²) in [4.78, 5) is 17.1. The fourth-order valence-corrected chi connectivity index (χ4v) is 4.25. The van der Waals surface area contributed by atoms with Gasteiger partial charge < -0.3 is 4.57 Å². The van der Waals surface area contributed by atoms with Gasteiger partial charge in [-0.2, -0.15) is 4.99 Å². The number of rotatable bonds is 3. The van der Waals surface area contributed by atoms with E-state index < -0.39 is 9.84 Å². The average molecular weight is 348 g/mol. The molecule has 23 heavy (non-hydrogen) atoms. The maximum absolute atomic E-state index is 12.1. The van der Waals surface area contributed by atoms with Crippen LogP contribution in [0.4, 0.5) is 0 Å². The zero-order valence-corrected chi connectivity index (χ0v) is 14.3. The molecule has 1 amide bonds. The van der Waals surface area contributed by atoms with E-state index in [1.54, 1.807) is 22.8 Å². The number of sulfone groups is 1. The van der Waals surface area contributed by atoms with Crippen LogP contribution < -0.4 is 4.80 Å². The minimum atomic E-state index is -3.28. The second kappa shape index (κ2) is 5.95. The molecule has 1 fully saturated rings. The van der Waals surface area contributed by atoms with Crippen LogP contribution >= 0.6 is 11.3 Å². The molecule has 1 aromatic heterocycles. The third-order valence-corrected chi connectivity index (χ3v) is 6.14. The lowest BCUT2D eigenvalue weighted by Gasteiger charge is -2.20. The number of aromatic nitrogens is 1. The smallest absolute Gasteiger partial charge is 0.251 e. The van der Waals surface area contributed by atoms with E-state index in [4.69, 9.17) is 6.42 Å². The summed E-state index contributed by atoms with van der Waals surface area (Å²) >= 11 is 1.29. The van der Waals surface area contributed by atoms with Crippen molar-refractivity contribution in [3.8, 4) is 12.3 Å². The van der Waals surface area contributed by atoms with Gasteiger partial charge in [-0.15, -0.1) is 6.42 Å². The van der Waals surface area contributed by atoms with Crippen LogP contribution in [-0.4, -0.2) is 25.1 Å². The topological polar surface area (TPSA) is 68.5 Å². The van der Waals surface area contributed by atoms with Crippen molar-refractivity contribution in [3.63, 3.8) is 0 Å². The number of fused-ring (bicyclic) bond motifs is 1. The lowest BCUT2D eigenvalue weighted by molar-refractivity contribution is -0.124. The normalized spacial score (nSPS) is 16.3. The maximum atomic E-state index is 12.1. The summed E-state index contributed by atoms with van der Waals surface area (Å²) < 4.78 is 25.9. The second-order valence-electron chi connectivity index (χ2n) is 5.65. The molecule has 0 atom stereocenters. The molecule has 120 valence electrons. The van der Waals surface area contributed by atoms with Crippen LogP contribution in [0, 0.1) is 18.3 Å². The zero-order valence-electron chi connectivity index (χ0n) is 12.7. The standard InChI is InChI=1S/C16H16N2O3S2/c1-3-9-18-13-8-7-12(23(2,20)21)10-14(13)22-16(18)17-15(19)11-5-4-6-11/h1,7-8,10-11H,4-6,9H2,2H3. The van der Waals surface area contributed by atoms with Crippen molar-refractivity contribution in [2.75, 3.05) is 6.26 Å². The first kappa shape index (κ1) is 16.0. The number of amides is 1. The molecule has 0 unspecified atom stereocenters. The Morgan fingerprint density at radius 1 is 1.48 bits per heavy atom. The lowest BCUT2D eigenvalue weighted by atomic mass is 9.85. The van der Waals surface area contributed by atoms with E-state index >= 15 is 0 Å². The molecule has 0 spiro atoms. The number of hydrogen-bond donors (Lipinski definition) is 0. The third-order valence-electron chi connectivity index (χ3n) is 3.99. The predicted octanol–water partition coefficient (Wildman–Crippen LogP) is 1.97. The van der Waals surface area contributed by atoms with Crippen LogP contribution in [0.25, 0.3) is 10.2 Å².